The van der Waals surface area contributed by atoms with Gasteiger partial charge in [0.05, 0.1) is 23.1 Å². The molecule has 5 nitrogen and oxygen atoms in total. The maximum atomic E-state index is 12.8. The number of carbonyl (C=O) groups is 1. The third-order valence-electron chi connectivity index (χ3n) is 4.95. The second-order valence-corrected chi connectivity index (χ2v) is 7.21. The van der Waals surface area contributed by atoms with E-state index in [1.54, 1.807) is 6.20 Å². The lowest BCUT2D eigenvalue weighted by Crippen LogP contribution is -2.26. The van der Waals surface area contributed by atoms with Crippen LogP contribution in [0.15, 0.2) is 67.0 Å². The summed E-state index contributed by atoms with van der Waals surface area (Å²) in [6, 6.07) is 18.1. The molecule has 142 valence electrons. The topological polar surface area (TPSA) is 62.7 Å². The van der Waals surface area contributed by atoms with E-state index in [1.165, 1.54) is 10.9 Å². The van der Waals surface area contributed by atoms with Crippen molar-refractivity contribution in [1.29, 1.82) is 0 Å². The summed E-state index contributed by atoms with van der Waals surface area (Å²) in [5, 5.41) is 8.74. The fourth-order valence-corrected chi connectivity index (χ4v) is 3.61. The van der Waals surface area contributed by atoms with Crippen molar-refractivity contribution in [2.24, 2.45) is 0 Å². The Bertz CT molecular complexity index is 1090. The number of para-hydroxylation sites is 2. The van der Waals surface area contributed by atoms with Gasteiger partial charge in [-0.1, -0.05) is 50.2 Å². The van der Waals surface area contributed by atoms with Crippen LogP contribution in [-0.2, 0) is 6.42 Å². The van der Waals surface area contributed by atoms with Crippen LogP contribution in [0.1, 0.15) is 41.4 Å². The smallest absolute Gasteiger partial charge is 0.254 e. The predicted molar refractivity (Wildman–Crippen MR) is 112 cm³/mol. The van der Waals surface area contributed by atoms with Crippen LogP contribution in [-0.4, -0.2) is 27.2 Å². The Morgan fingerprint density at radius 2 is 1.86 bits per heavy atom. The van der Waals surface area contributed by atoms with Gasteiger partial charge >= 0.3 is 0 Å². The molecule has 2 aromatic carbocycles. The number of nitrogens with one attached hydrogen (secondary N) is 2. The summed E-state index contributed by atoms with van der Waals surface area (Å²) in [6.07, 6.45) is 4.47. The number of fused-ring (bicyclic) bond motifs is 1. The molecule has 5 heteroatoms. The normalized spacial score (nSPS) is 11.2. The predicted octanol–water partition coefficient (Wildman–Crippen LogP) is 4.45. The Hall–Kier alpha value is -3.34. The molecule has 0 bridgehead atoms. The highest BCUT2D eigenvalue weighted by Crippen LogP contribution is 2.23. The first-order valence-electron chi connectivity index (χ1n) is 9.61. The van der Waals surface area contributed by atoms with Crippen molar-refractivity contribution in [2.45, 2.75) is 26.2 Å². The Balaban J connectivity index is 1.50. The molecule has 2 N–H and O–H groups in total. The maximum absolute atomic E-state index is 12.8. The van der Waals surface area contributed by atoms with Crippen LogP contribution in [0.25, 0.3) is 16.6 Å². The molecule has 0 saturated carbocycles. The molecule has 0 aliphatic heterocycles. The summed E-state index contributed by atoms with van der Waals surface area (Å²) in [6.45, 7) is 4.74. The molecule has 28 heavy (non-hydrogen) atoms. The van der Waals surface area contributed by atoms with Gasteiger partial charge in [-0.05, 0) is 36.1 Å². The maximum Gasteiger partial charge on any atom is 0.254 e. The van der Waals surface area contributed by atoms with Crippen LogP contribution in [0.5, 0.6) is 0 Å². The summed E-state index contributed by atoms with van der Waals surface area (Å²) in [4.78, 5) is 16.1. The second-order valence-electron chi connectivity index (χ2n) is 7.21. The van der Waals surface area contributed by atoms with Crippen LogP contribution >= 0.6 is 0 Å². The summed E-state index contributed by atoms with van der Waals surface area (Å²) in [5.74, 6) is 0.0998. The van der Waals surface area contributed by atoms with Crippen LogP contribution < -0.4 is 5.32 Å². The minimum atomic E-state index is -0.0780. The molecule has 0 aliphatic carbocycles. The fourth-order valence-electron chi connectivity index (χ4n) is 3.61. The van der Waals surface area contributed by atoms with Crippen molar-refractivity contribution >= 4 is 16.8 Å². The molecule has 2 aromatic heterocycles. The van der Waals surface area contributed by atoms with E-state index in [1.807, 2.05) is 53.3 Å². The first-order valence-corrected chi connectivity index (χ1v) is 9.61. The van der Waals surface area contributed by atoms with Crippen molar-refractivity contribution in [1.82, 2.24) is 20.1 Å². The van der Waals surface area contributed by atoms with E-state index in [4.69, 9.17) is 0 Å². The average molecular weight is 372 g/mol. The van der Waals surface area contributed by atoms with E-state index < -0.39 is 0 Å². The molecule has 4 aromatic rings. The molecule has 0 atom stereocenters. The zero-order valence-corrected chi connectivity index (χ0v) is 16.1. The number of aromatic nitrogens is 3. The molecule has 2 heterocycles. The summed E-state index contributed by atoms with van der Waals surface area (Å²) in [7, 11) is 0. The highest BCUT2D eigenvalue weighted by Gasteiger charge is 2.20. The molecule has 0 saturated heterocycles. The van der Waals surface area contributed by atoms with Gasteiger partial charge in [-0.25, -0.2) is 4.68 Å². The third-order valence-corrected chi connectivity index (χ3v) is 4.95. The number of H-pyrrole nitrogens is 1. The summed E-state index contributed by atoms with van der Waals surface area (Å²) in [5.41, 5.74) is 4.85. The van der Waals surface area contributed by atoms with Gasteiger partial charge in [0, 0.05) is 23.6 Å². The van der Waals surface area contributed by atoms with Gasteiger partial charge in [0.2, 0.25) is 0 Å². The van der Waals surface area contributed by atoms with E-state index in [-0.39, 0.29) is 11.8 Å². The zero-order chi connectivity index (χ0) is 19.5. The van der Waals surface area contributed by atoms with Crippen molar-refractivity contribution in [3.8, 4) is 5.69 Å². The Morgan fingerprint density at radius 3 is 2.64 bits per heavy atom. The van der Waals surface area contributed by atoms with Gasteiger partial charge in [0.15, 0.2) is 0 Å². The molecule has 0 fully saturated rings. The minimum absolute atomic E-state index is 0.0780. The first-order chi connectivity index (χ1) is 13.6. The van der Waals surface area contributed by atoms with Gasteiger partial charge in [-0.15, -0.1) is 0 Å². The monoisotopic (exact) mass is 372 g/mol. The van der Waals surface area contributed by atoms with E-state index in [9.17, 15) is 4.79 Å². The summed E-state index contributed by atoms with van der Waals surface area (Å²) >= 11 is 0. The van der Waals surface area contributed by atoms with Crippen molar-refractivity contribution < 1.29 is 4.79 Å². The van der Waals surface area contributed by atoms with Gasteiger partial charge in [-0.2, -0.15) is 5.10 Å². The van der Waals surface area contributed by atoms with Crippen LogP contribution in [0, 0.1) is 0 Å². The van der Waals surface area contributed by atoms with E-state index in [0.29, 0.717) is 12.1 Å². The standard InChI is InChI=1S/C23H24N4O/c1-16(2)22-20(15-26-27(22)18-8-4-3-5-9-18)23(28)24-13-12-17-14-25-21-11-7-6-10-19(17)21/h3-11,14-16,25H,12-13H2,1-2H3,(H,24,28). The number of hydrogen-bond donors (Lipinski definition) is 2. The highest BCUT2D eigenvalue weighted by atomic mass is 16.1. The first kappa shape index (κ1) is 18.0. The van der Waals surface area contributed by atoms with E-state index in [0.717, 1.165) is 23.3 Å². The Morgan fingerprint density at radius 1 is 1.11 bits per heavy atom. The van der Waals surface area contributed by atoms with Gasteiger partial charge < -0.3 is 10.3 Å². The molecule has 0 aliphatic rings. The molecule has 1 amide bonds. The molecular formula is C23H24N4O. The molecule has 4 rings (SSSR count). The van der Waals surface area contributed by atoms with E-state index >= 15 is 0 Å². The number of carbonyl (C=O) groups excluding carboxylic acids is 1. The molecular weight excluding hydrogens is 348 g/mol. The Kier molecular flexibility index (Phi) is 4.98. The molecule has 0 unspecified atom stereocenters. The third kappa shape index (κ3) is 3.43. The zero-order valence-electron chi connectivity index (χ0n) is 16.1. The quantitative estimate of drug-likeness (QED) is 0.525. The number of nitrogens with zero attached hydrogens (tertiary/aromatic N) is 2. The number of aromatic amines is 1. The summed E-state index contributed by atoms with van der Waals surface area (Å²) < 4.78 is 1.86. The number of amides is 1. The second kappa shape index (κ2) is 7.72. The van der Waals surface area contributed by atoms with Gasteiger partial charge in [0.1, 0.15) is 0 Å². The van der Waals surface area contributed by atoms with Crippen LogP contribution in [0.4, 0.5) is 0 Å². The van der Waals surface area contributed by atoms with Crippen molar-refractivity contribution in [3.63, 3.8) is 0 Å². The lowest BCUT2D eigenvalue weighted by atomic mass is 10.0. The van der Waals surface area contributed by atoms with Crippen molar-refractivity contribution in [3.05, 3.63) is 83.8 Å². The van der Waals surface area contributed by atoms with Crippen molar-refractivity contribution in [2.75, 3.05) is 6.54 Å². The van der Waals surface area contributed by atoms with Crippen LogP contribution in [0.3, 0.4) is 0 Å². The minimum Gasteiger partial charge on any atom is -0.361 e. The van der Waals surface area contributed by atoms with Gasteiger partial charge in [-0.3, -0.25) is 4.79 Å². The fraction of sp³-hybridized carbons (Fsp3) is 0.217. The SMILES string of the molecule is CC(C)c1c(C(=O)NCCc2c[nH]c3ccccc23)cnn1-c1ccccc1. The van der Waals surface area contributed by atoms with Gasteiger partial charge in [0.25, 0.3) is 5.91 Å². The Labute approximate surface area is 164 Å². The molecule has 0 radical (unpaired) electrons. The average Bonchev–Trinajstić information content (AvgIpc) is 3.33. The number of benzene rings is 2. The largest absolute Gasteiger partial charge is 0.361 e. The highest BCUT2D eigenvalue weighted by molar-refractivity contribution is 5.95. The lowest BCUT2D eigenvalue weighted by Gasteiger charge is -2.13. The number of hydrogen-bond acceptors (Lipinski definition) is 2. The number of rotatable bonds is 6. The molecule has 0 spiro atoms. The van der Waals surface area contributed by atoms with E-state index in [2.05, 4.69) is 41.4 Å². The van der Waals surface area contributed by atoms with Crippen LogP contribution in [0.2, 0.25) is 0 Å². The lowest BCUT2D eigenvalue weighted by molar-refractivity contribution is 0.0953.